The molecule has 0 aliphatic carbocycles. The van der Waals surface area contributed by atoms with Gasteiger partial charge in [0.05, 0.1) is 18.3 Å². The second kappa shape index (κ2) is 12.0. The summed E-state index contributed by atoms with van der Waals surface area (Å²) in [6.45, 7) is 6.29. The Morgan fingerprint density at radius 2 is 1.60 bits per heavy atom. The molecule has 40 heavy (non-hydrogen) atoms. The van der Waals surface area contributed by atoms with Gasteiger partial charge in [0.2, 0.25) is 0 Å². The van der Waals surface area contributed by atoms with Gasteiger partial charge in [0.15, 0.2) is 6.29 Å². The SMILES string of the molecule is CN1CCC(OC2CC(N(C(=O)C(F)(F)F)c3ccc(C(=O)OC(=O)C(F)(F)F)c(C(C)(C)C)c3)CCO2)CC1. The van der Waals surface area contributed by atoms with Crippen LogP contribution in [0.5, 0.6) is 0 Å². The zero-order valence-electron chi connectivity index (χ0n) is 22.5. The first kappa shape index (κ1) is 31.8. The fourth-order valence-electron chi connectivity index (χ4n) is 4.72. The highest BCUT2D eigenvalue weighted by molar-refractivity contribution is 6.01. The summed E-state index contributed by atoms with van der Waals surface area (Å²) in [5.74, 6) is -6.50. The molecule has 2 atom stereocenters. The zero-order chi connectivity index (χ0) is 30.0. The molecule has 1 aromatic rings. The van der Waals surface area contributed by atoms with Crippen molar-refractivity contribution in [2.75, 3.05) is 31.6 Å². The van der Waals surface area contributed by atoms with Crippen molar-refractivity contribution < 1.29 is 54.9 Å². The lowest BCUT2D eigenvalue weighted by Crippen LogP contribution is -2.51. The van der Waals surface area contributed by atoms with Crippen LogP contribution in [0.4, 0.5) is 32.0 Å². The molecule has 0 saturated carbocycles. The lowest BCUT2D eigenvalue weighted by Gasteiger charge is -2.40. The number of carbonyl (C=O) groups is 3. The van der Waals surface area contributed by atoms with Crippen LogP contribution in [-0.2, 0) is 29.2 Å². The molecule has 0 spiro atoms. The lowest BCUT2D eigenvalue weighted by molar-refractivity contribution is -0.200. The van der Waals surface area contributed by atoms with Crippen LogP contribution < -0.4 is 4.90 Å². The monoisotopic (exact) mass is 582 g/mol. The van der Waals surface area contributed by atoms with Crippen LogP contribution in [0.15, 0.2) is 18.2 Å². The van der Waals surface area contributed by atoms with Gasteiger partial charge >= 0.3 is 30.2 Å². The van der Waals surface area contributed by atoms with Crippen molar-refractivity contribution in [2.45, 2.75) is 82.7 Å². The number of esters is 2. The summed E-state index contributed by atoms with van der Waals surface area (Å²) < 4.78 is 94.8. The molecule has 1 amide bonds. The van der Waals surface area contributed by atoms with Crippen LogP contribution >= 0.6 is 0 Å². The van der Waals surface area contributed by atoms with Gasteiger partial charge in [0.1, 0.15) is 0 Å². The molecule has 3 rings (SSSR count). The third-order valence-corrected chi connectivity index (χ3v) is 6.78. The highest BCUT2D eigenvalue weighted by Crippen LogP contribution is 2.36. The molecule has 2 aliphatic heterocycles. The molecule has 2 aliphatic rings. The Kier molecular flexibility index (Phi) is 9.57. The van der Waals surface area contributed by atoms with E-state index in [4.69, 9.17) is 9.47 Å². The number of rotatable bonds is 5. The number of likely N-dealkylation sites (tertiary alicyclic amines) is 1. The Hall–Kier alpha value is -2.71. The van der Waals surface area contributed by atoms with Crippen molar-refractivity contribution in [1.82, 2.24) is 4.90 Å². The number of ether oxygens (including phenoxy) is 3. The van der Waals surface area contributed by atoms with E-state index >= 15 is 0 Å². The second-order valence-corrected chi connectivity index (χ2v) is 10.9. The first-order valence-corrected chi connectivity index (χ1v) is 12.7. The smallest absolute Gasteiger partial charge is 0.383 e. The van der Waals surface area contributed by atoms with Gasteiger partial charge < -0.3 is 24.0 Å². The number of nitrogens with zero attached hydrogens (tertiary/aromatic N) is 2. The van der Waals surface area contributed by atoms with Crippen LogP contribution in [0.3, 0.4) is 0 Å². The van der Waals surface area contributed by atoms with Gasteiger partial charge in [-0.3, -0.25) is 4.79 Å². The molecule has 2 fully saturated rings. The minimum absolute atomic E-state index is 0.0175. The highest BCUT2D eigenvalue weighted by atomic mass is 19.4. The summed E-state index contributed by atoms with van der Waals surface area (Å²) in [6.07, 6.45) is -10.2. The van der Waals surface area contributed by atoms with Crippen LogP contribution in [0.2, 0.25) is 0 Å². The predicted octanol–water partition coefficient (Wildman–Crippen LogP) is 4.74. The first-order chi connectivity index (χ1) is 18.4. The summed E-state index contributed by atoms with van der Waals surface area (Å²) in [5, 5.41) is 0. The fourth-order valence-corrected chi connectivity index (χ4v) is 4.72. The number of benzene rings is 1. The maximum atomic E-state index is 13.8. The molecule has 0 N–H and O–H groups in total. The van der Waals surface area contributed by atoms with Crippen LogP contribution in [0.1, 0.15) is 62.4 Å². The Bertz CT molecular complexity index is 1090. The molecule has 0 radical (unpaired) electrons. The first-order valence-electron chi connectivity index (χ1n) is 12.7. The summed E-state index contributed by atoms with van der Waals surface area (Å²) in [6, 6.07) is 2.09. The van der Waals surface area contributed by atoms with Crippen molar-refractivity contribution in [3.63, 3.8) is 0 Å². The summed E-state index contributed by atoms with van der Waals surface area (Å²) in [4.78, 5) is 39.0. The van der Waals surface area contributed by atoms with E-state index < -0.39 is 53.5 Å². The van der Waals surface area contributed by atoms with E-state index in [0.717, 1.165) is 44.1 Å². The summed E-state index contributed by atoms with van der Waals surface area (Å²) in [7, 11) is 1.97. The van der Waals surface area contributed by atoms with Crippen LogP contribution in [0.25, 0.3) is 0 Å². The van der Waals surface area contributed by atoms with E-state index in [2.05, 4.69) is 9.64 Å². The minimum Gasteiger partial charge on any atom is -0.383 e. The van der Waals surface area contributed by atoms with E-state index in [1.54, 1.807) is 20.8 Å². The second-order valence-electron chi connectivity index (χ2n) is 10.9. The quantitative estimate of drug-likeness (QED) is 0.282. The Balaban J connectivity index is 1.94. The molecule has 2 unspecified atom stereocenters. The van der Waals surface area contributed by atoms with Gasteiger partial charge in [0, 0.05) is 31.2 Å². The maximum absolute atomic E-state index is 13.8. The van der Waals surface area contributed by atoms with Crippen molar-refractivity contribution in [3.8, 4) is 0 Å². The Morgan fingerprint density at radius 3 is 2.15 bits per heavy atom. The lowest BCUT2D eigenvalue weighted by atomic mass is 9.83. The molecule has 8 nitrogen and oxygen atoms in total. The van der Waals surface area contributed by atoms with Crippen molar-refractivity contribution in [1.29, 1.82) is 0 Å². The average molecular weight is 583 g/mol. The molecule has 2 heterocycles. The number of hydrogen-bond acceptors (Lipinski definition) is 7. The topological polar surface area (TPSA) is 85.4 Å². The van der Waals surface area contributed by atoms with Gasteiger partial charge in [-0.15, -0.1) is 0 Å². The van der Waals surface area contributed by atoms with Gasteiger partial charge in [0.25, 0.3) is 0 Å². The van der Waals surface area contributed by atoms with E-state index in [1.807, 2.05) is 7.05 Å². The summed E-state index contributed by atoms with van der Waals surface area (Å²) >= 11 is 0. The van der Waals surface area contributed by atoms with Crippen LogP contribution in [0, 0.1) is 0 Å². The van der Waals surface area contributed by atoms with Gasteiger partial charge in [-0.05, 0) is 55.5 Å². The number of hydrogen-bond donors (Lipinski definition) is 0. The Morgan fingerprint density at radius 1 is 0.975 bits per heavy atom. The molecule has 0 aromatic heterocycles. The van der Waals surface area contributed by atoms with E-state index in [-0.39, 0.29) is 36.8 Å². The van der Waals surface area contributed by atoms with Gasteiger partial charge in [-0.25, -0.2) is 9.59 Å². The van der Waals surface area contributed by atoms with Crippen LogP contribution in [-0.4, -0.2) is 80.3 Å². The molecular formula is C26H32F6N2O6. The Labute approximate surface area is 227 Å². The number of piperidine rings is 1. The number of carbonyl (C=O) groups excluding carboxylic acids is 3. The molecule has 224 valence electrons. The largest absolute Gasteiger partial charge is 0.491 e. The van der Waals surface area contributed by atoms with Crippen molar-refractivity contribution in [2.24, 2.45) is 0 Å². The molecule has 1 aromatic carbocycles. The maximum Gasteiger partial charge on any atom is 0.491 e. The van der Waals surface area contributed by atoms with E-state index in [0.29, 0.717) is 4.90 Å². The van der Waals surface area contributed by atoms with Gasteiger partial charge in [-0.1, -0.05) is 20.8 Å². The average Bonchev–Trinajstić information content (AvgIpc) is 2.84. The van der Waals surface area contributed by atoms with E-state index in [9.17, 15) is 40.7 Å². The highest BCUT2D eigenvalue weighted by Gasteiger charge is 2.47. The predicted molar refractivity (Wildman–Crippen MR) is 130 cm³/mol. The zero-order valence-corrected chi connectivity index (χ0v) is 22.5. The van der Waals surface area contributed by atoms with E-state index in [1.165, 1.54) is 0 Å². The molecule has 2 saturated heterocycles. The minimum atomic E-state index is -5.43. The number of amides is 1. The normalized spacial score (nSPS) is 21.6. The number of alkyl halides is 6. The standard InChI is InChI=1S/C26H32F6N2O6/c1-24(2,3)19-13-15(5-6-18(19)21(35)40-23(37)26(30,31)32)34(22(36)25(27,28)29)16-9-12-38-20(14-16)39-17-7-10-33(4)11-8-17/h5-6,13,16-17,20H,7-12,14H2,1-4H3. The van der Waals surface area contributed by atoms with Crippen molar-refractivity contribution in [3.05, 3.63) is 29.3 Å². The van der Waals surface area contributed by atoms with Gasteiger partial charge in [-0.2, -0.15) is 26.3 Å². The number of anilines is 1. The summed E-state index contributed by atoms with van der Waals surface area (Å²) in [5.41, 5.74) is -1.70. The molecule has 0 bridgehead atoms. The molecular weight excluding hydrogens is 550 g/mol. The third-order valence-electron chi connectivity index (χ3n) is 6.78. The fraction of sp³-hybridized carbons (Fsp3) is 0.654. The number of halogens is 6. The third kappa shape index (κ3) is 7.94. The van der Waals surface area contributed by atoms with Crippen molar-refractivity contribution >= 4 is 23.5 Å². The molecule has 14 heteroatoms.